The predicted molar refractivity (Wildman–Crippen MR) is 286 cm³/mol. The summed E-state index contributed by atoms with van der Waals surface area (Å²) in [5.74, 6) is -0.225. The molecule has 9 N–H and O–H groups in total. The Labute approximate surface area is 433 Å². The summed E-state index contributed by atoms with van der Waals surface area (Å²) in [4.78, 5) is 13.2. The second kappa shape index (κ2) is 43.4. The lowest BCUT2D eigenvalue weighted by atomic mass is 9.97. The molecule has 414 valence electrons. The number of aliphatic hydroxyl groups is 8. The molecule has 1 amide bonds. The molecule has 2 aliphatic heterocycles. The molecule has 0 aliphatic carbocycles. The maximum Gasteiger partial charge on any atom is 0.220 e. The van der Waals surface area contributed by atoms with Crippen LogP contribution in [0, 0.1) is 0 Å². The number of ether oxygens (including phenoxy) is 4. The van der Waals surface area contributed by atoms with Crippen molar-refractivity contribution in [2.24, 2.45) is 0 Å². The molecule has 12 unspecified atom stereocenters. The minimum atomic E-state index is -1.79. The summed E-state index contributed by atoms with van der Waals surface area (Å²) in [5, 5.41) is 86.8. The molecule has 0 spiro atoms. The van der Waals surface area contributed by atoms with Crippen molar-refractivity contribution in [3.63, 3.8) is 0 Å². The van der Waals surface area contributed by atoms with Gasteiger partial charge in [-0.3, -0.25) is 4.79 Å². The highest BCUT2D eigenvalue weighted by Gasteiger charge is 2.51. The molecule has 0 aromatic heterocycles. The lowest BCUT2D eigenvalue weighted by Crippen LogP contribution is -2.65. The van der Waals surface area contributed by atoms with Crippen LogP contribution in [0.5, 0.6) is 0 Å². The number of allylic oxidation sites excluding steroid dienone is 14. The van der Waals surface area contributed by atoms with Crippen LogP contribution in [-0.2, 0) is 23.7 Å². The van der Waals surface area contributed by atoms with Gasteiger partial charge in [0, 0.05) is 6.42 Å². The Morgan fingerprint density at radius 1 is 0.514 bits per heavy atom. The van der Waals surface area contributed by atoms with Crippen LogP contribution in [0.4, 0.5) is 0 Å². The first kappa shape index (κ1) is 65.3. The van der Waals surface area contributed by atoms with Crippen LogP contribution in [0.3, 0.4) is 0 Å². The molecular weight excluding hydrogens is 919 g/mol. The van der Waals surface area contributed by atoms with E-state index in [0.717, 1.165) is 109 Å². The van der Waals surface area contributed by atoms with Crippen LogP contribution >= 0.6 is 0 Å². The van der Waals surface area contributed by atoms with E-state index in [1.54, 1.807) is 0 Å². The highest BCUT2D eigenvalue weighted by Crippen LogP contribution is 2.30. The van der Waals surface area contributed by atoms with E-state index in [1.165, 1.54) is 38.5 Å². The normalized spacial score (nSPS) is 26.2. The SMILES string of the molecule is CC/C=C\C/C=C\C/C=C\C/C=C\C/C=C\C/C=C\C/C=C\CCCCCCCCCC(=O)NC(COC1OC(CO)C(OC2OC(CO)C(O)C(O)C2O)C(O)C1O)C(O)CCCCCCCCCCC. The lowest BCUT2D eigenvalue weighted by Gasteiger charge is -2.46. The minimum absolute atomic E-state index is 0.225. The zero-order chi connectivity index (χ0) is 52.4. The van der Waals surface area contributed by atoms with E-state index >= 15 is 0 Å². The molecule has 2 rings (SSSR count). The quantitative estimate of drug-likeness (QED) is 0.0207. The third kappa shape index (κ3) is 29.3. The highest BCUT2D eigenvalue weighted by molar-refractivity contribution is 5.76. The van der Waals surface area contributed by atoms with Crippen molar-refractivity contribution in [2.45, 2.75) is 254 Å². The number of hydrogen-bond donors (Lipinski definition) is 9. The van der Waals surface area contributed by atoms with Crippen molar-refractivity contribution >= 4 is 5.91 Å². The van der Waals surface area contributed by atoms with Crippen LogP contribution in [-0.4, -0.2) is 140 Å². The average molecular weight is 1020 g/mol. The van der Waals surface area contributed by atoms with Crippen molar-refractivity contribution in [3.05, 3.63) is 85.1 Å². The third-order valence-corrected chi connectivity index (χ3v) is 13.1. The Kier molecular flexibility index (Phi) is 39.4. The zero-order valence-electron chi connectivity index (χ0n) is 44.1. The number of hydrogen-bond acceptors (Lipinski definition) is 13. The fourth-order valence-corrected chi connectivity index (χ4v) is 8.63. The fraction of sp³-hybridized carbons (Fsp3) is 0.741. The third-order valence-electron chi connectivity index (χ3n) is 13.1. The second-order valence-electron chi connectivity index (χ2n) is 19.3. The molecule has 72 heavy (non-hydrogen) atoms. The largest absolute Gasteiger partial charge is 0.394 e. The minimum Gasteiger partial charge on any atom is -0.394 e. The fourth-order valence-electron chi connectivity index (χ4n) is 8.63. The van der Waals surface area contributed by atoms with Gasteiger partial charge in [-0.25, -0.2) is 0 Å². The Morgan fingerprint density at radius 3 is 1.47 bits per heavy atom. The molecule has 0 aromatic rings. The first-order valence-electron chi connectivity index (χ1n) is 27.8. The number of carbonyl (C=O) groups is 1. The number of rotatable bonds is 42. The monoisotopic (exact) mass is 1020 g/mol. The first-order chi connectivity index (χ1) is 35.1. The lowest BCUT2D eigenvalue weighted by molar-refractivity contribution is -0.359. The van der Waals surface area contributed by atoms with Crippen molar-refractivity contribution in [1.82, 2.24) is 5.32 Å². The summed E-state index contributed by atoms with van der Waals surface area (Å²) in [6.07, 6.45) is 40.3. The number of amides is 1. The van der Waals surface area contributed by atoms with Gasteiger partial charge < -0.3 is 65.1 Å². The summed E-state index contributed by atoms with van der Waals surface area (Å²) >= 11 is 0. The molecule has 12 atom stereocenters. The van der Waals surface area contributed by atoms with Crippen LogP contribution in [0.2, 0.25) is 0 Å². The van der Waals surface area contributed by atoms with E-state index in [0.29, 0.717) is 12.8 Å². The van der Waals surface area contributed by atoms with E-state index in [2.05, 4.69) is 104 Å². The maximum absolute atomic E-state index is 13.2. The van der Waals surface area contributed by atoms with Crippen molar-refractivity contribution < 1.29 is 64.6 Å². The van der Waals surface area contributed by atoms with Gasteiger partial charge in [0.15, 0.2) is 12.6 Å². The van der Waals surface area contributed by atoms with Gasteiger partial charge in [-0.2, -0.15) is 0 Å². The maximum atomic E-state index is 13.2. The molecule has 0 bridgehead atoms. The standard InChI is InChI=1S/C58H99NO13/c1-3-5-7-9-11-13-14-15-16-17-18-19-20-21-22-23-24-25-26-27-28-29-30-31-32-34-36-38-40-42-50(63)59-46(47(62)41-39-37-35-33-12-10-8-6-4-2)45-69-57-55(68)53(66)56(49(44-61)71-57)72-58-54(67)52(65)51(64)48(43-60)70-58/h5,7,11,13,15-16,18-19,21-22,24-25,27-28,46-49,51-58,60-62,64-68H,3-4,6,8-10,12,14,17,20,23,26,29-45H2,1-2H3,(H,59,63)/b7-5-,13-11-,16-15-,19-18-,22-21-,25-24-,28-27-. The molecule has 2 aliphatic rings. The van der Waals surface area contributed by atoms with Crippen molar-refractivity contribution in [3.8, 4) is 0 Å². The average Bonchev–Trinajstić information content (AvgIpc) is 3.38. The van der Waals surface area contributed by atoms with Gasteiger partial charge in [0.2, 0.25) is 5.91 Å². The van der Waals surface area contributed by atoms with E-state index in [9.17, 15) is 45.6 Å². The summed E-state index contributed by atoms with van der Waals surface area (Å²) in [6, 6.07) is -0.838. The molecular formula is C58H99NO13. The number of carbonyl (C=O) groups excluding carboxylic acids is 1. The van der Waals surface area contributed by atoms with Gasteiger partial charge >= 0.3 is 0 Å². The van der Waals surface area contributed by atoms with Crippen LogP contribution < -0.4 is 5.32 Å². The van der Waals surface area contributed by atoms with Crippen LogP contribution in [0.1, 0.15) is 181 Å². The van der Waals surface area contributed by atoms with E-state index < -0.39 is 86.8 Å². The number of aliphatic hydroxyl groups excluding tert-OH is 8. The van der Waals surface area contributed by atoms with Gasteiger partial charge in [0.25, 0.3) is 0 Å². The van der Waals surface area contributed by atoms with E-state index in [1.807, 2.05) is 0 Å². The molecule has 14 heteroatoms. The van der Waals surface area contributed by atoms with Crippen molar-refractivity contribution in [2.75, 3.05) is 19.8 Å². The highest BCUT2D eigenvalue weighted by atomic mass is 16.7. The van der Waals surface area contributed by atoms with E-state index in [4.69, 9.17) is 18.9 Å². The predicted octanol–water partition coefficient (Wildman–Crippen LogP) is 8.55. The molecule has 0 aromatic carbocycles. The number of nitrogens with one attached hydrogen (secondary N) is 1. The van der Waals surface area contributed by atoms with Crippen LogP contribution in [0.25, 0.3) is 0 Å². The van der Waals surface area contributed by atoms with Gasteiger partial charge in [0.1, 0.15) is 48.8 Å². The summed E-state index contributed by atoms with van der Waals surface area (Å²) in [7, 11) is 0. The molecule has 2 heterocycles. The molecule has 14 nitrogen and oxygen atoms in total. The van der Waals surface area contributed by atoms with Gasteiger partial charge in [-0.15, -0.1) is 0 Å². The van der Waals surface area contributed by atoms with E-state index in [-0.39, 0.29) is 18.9 Å². The number of unbranched alkanes of at least 4 members (excludes halogenated alkanes) is 15. The smallest absolute Gasteiger partial charge is 0.220 e. The Morgan fingerprint density at radius 2 is 0.958 bits per heavy atom. The topological polar surface area (TPSA) is 228 Å². The van der Waals surface area contributed by atoms with Gasteiger partial charge in [0.05, 0.1) is 32.0 Å². The van der Waals surface area contributed by atoms with Crippen molar-refractivity contribution in [1.29, 1.82) is 0 Å². The van der Waals surface area contributed by atoms with Gasteiger partial charge in [-0.1, -0.05) is 189 Å². The molecule has 2 saturated heterocycles. The zero-order valence-corrected chi connectivity index (χ0v) is 44.1. The second-order valence-corrected chi connectivity index (χ2v) is 19.3. The summed E-state index contributed by atoms with van der Waals surface area (Å²) in [5.41, 5.74) is 0. The summed E-state index contributed by atoms with van der Waals surface area (Å²) < 4.78 is 22.7. The Bertz CT molecular complexity index is 1530. The molecule has 0 saturated carbocycles. The Hall–Kier alpha value is -2.83. The molecule has 2 fully saturated rings. The van der Waals surface area contributed by atoms with Crippen LogP contribution in [0.15, 0.2) is 85.1 Å². The molecule has 0 radical (unpaired) electrons. The first-order valence-corrected chi connectivity index (χ1v) is 27.8. The van der Waals surface area contributed by atoms with Gasteiger partial charge in [-0.05, 0) is 70.6 Å². The summed E-state index contributed by atoms with van der Waals surface area (Å²) in [6.45, 7) is 2.68. The Balaban J connectivity index is 1.70.